The summed E-state index contributed by atoms with van der Waals surface area (Å²) in [5.74, 6) is -2.19. The lowest BCUT2D eigenvalue weighted by molar-refractivity contribution is 0.0167. The Balaban J connectivity index is 2.44. The quantitative estimate of drug-likeness (QED) is 0.459. The van der Waals surface area contributed by atoms with E-state index in [2.05, 4.69) is 0 Å². The van der Waals surface area contributed by atoms with Crippen molar-refractivity contribution in [3.05, 3.63) is 46.6 Å². The zero-order chi connectivity index (χ0) is 20.3. The first-order valence-electron chi connectivity index (χ1n) is 8.48. The first-order valence-corrected chi connectivity index (χ1v) is 8.48. The molecule has 1 aliphatic rings. The van der Waals surface area contributed by atoms with E-state index in [1.807, 2.05) is 13.8 Å². The van der Waals surface area contributed by atoms with Crippen molar-refractivity contribution in [2.45, 2.75) is 46.3 Å². The molecule has 27 heavy (non-hydrogen) atoms. The van der Waals surface area contributed by atoms with Crippen molar-refractivity contribution >= 4 is 17.7 Å². The molecule has 0 fully saturated rings. The van der Waals surface area contributed by atoms with E-state index >= 15 is 0 Å². The molecule has 1 aromatic carbocycles. The summed E-state index contributed by atoms with van der Waals surface area (Å²) in [7, 11) is 0. The highest BCUT2D eigenvalue weighted by Gasteiger charge is 2.36. The molecular formula is C20H22O7. The van der Waals surface area contributed by atoms with Gasteiger partial charge in [-0.25, -0.2) is 4.79 Å². The number of fused-ring (bicyclic) bond motifs is 1. The molecule has 0 aliphatic heterocycles. The van der Waals surface area contributed by atoms with Gasteiger partial charge in [-0.05, 0) is 45.9 Å². The number of hydrogen-bond acceptors (Lipinski definition) is 7. The molecule has 0 aromatic heterocycles. The molecule has 0 spiro atoms. The number of carbonyl (C=O) groups excluding carboxylic acids is 3. The minimum absolute atomic E-state index is 0.0911. The van der Waals surface area contributed by atoms with Crippen LogP contribution >= 0.6 is 0 Å². The Morgan fingerprint density at radius 1 is 1.07 bits per heavy atom. The molecule has 0 saturated carbocycles. The van der Waals surface area contributed by atoms with Crippen molar-refractivity contribution < 1.29 is 34.1 Å². The van der Waals surface area contributed by atoms with Gasteiger partial charge in [-0.2, -0.15) is 0 Å². The predicted molar refractivity (Wildman–Crippen MR) is 97.1 cm³/mol. The average Bonchev–Trinajstić information content (AvgIpc) is 2.56. The minimum atomic E-state index is -1.07. The van der Waals surface area contributed by atoms with Gasteiger partial charge in [-0.15, -0.1) is 0 Å². The van der Waals surface area contributed by atoms with Crippen LogP contribution in [0.5, 0.6) is 11.5 Å². The fraction of sp³-hybridized carbons (Fsp3) is 0.350. The molecule has 1 atom stereocenters. The normalized spacial score (nSPS) is 14.3. The Morgan fingerprint density at radius 3 is 2.22 bits per heavy atom. The number of Topliss-reactive ketones (excluding diaryl/α,β-unsaturated/α-hetero) is 1. The van der Waals surface area contributed by atoms with Crippen LogP contribution in [0.3, 0.4) is 0 Å². The number of phenols is 2. The average molecular weight is 374 g/mol. The third-order valence-electron chi connectivity index (χ3n) is 3.84. The van der Waals surface area contributed by atoms with E-state index in [4.69, 9.17) is 9.47 Å². The lowest BCUT2D eigenvalue weighted by Gasteiger charge is -2.23. The van der Waals surface area contributed by atoms with Crippen molar-refractivity contribution in [2.75, 3.05) is 0 Å². The standard InChI is InChI=1S/C20H22O7/c1-10(2)5-8-16(27-20(25)26-11(3)4)12-9-15(23)17-13(21)6-7-14(22)18(17)19(12)24/h5-7,9,11,16,21-22H,8H2,1-4H3/t16-/m1/s1. The molecule has 0 heterocycles. The van der Waals surface area contributed by atoms with Gasteiger partial charge < -0.3 is 19.7 Å². The van der Waals surface area contributed by atoms with Gasteiger partial charge in [0.25, 0.3) is 0 Å². The maximum Gasteiger partial charge on any atom is 0.509 e. The fourth-order valence-electron chi connectivity index (χ4n) is 2.64. The van der Waals surface area contributed by atoms with Crippen molar-refractivity contribution in [3.8, 4) is 11.5 Å². The van der Waals surface area contributed by atoms with Crippen molar-refractivity contribution in [1.82, 2.24) is 0 Å². The number of ether oxygens (including phenoxy) is 2. The van der Waals surface area contributed by atoms with Crippen LogP contribution in [0.15, 0.2) is 35.4 Å². The molecule has 0 radical (unpaired) electrons. The van der Waals surface area contributed by atoms with Gasteiger partial charge in [-0.3, -0.25) is 9.59 Å². The number of rotatable bonds is 5. The van der Waals surface area contributed by atoms with Crippen LogP contribution in [0.1, 0.15) is 54.8 Å². The molecule has 7 heteroatoms. The van der Waals surface area contributed by atoms with E-state index in [1.165, 1.54) is 0 Å². The molecule has 0 unspecified atom stereocenters. The van der Waals surface area contributed by atoms with Gasteiger partial charge in [0.15, 0.2) is 11.6 Å². The first-order chi connectivity index (χ1) is 12.6. The third kappa shape index (κ3) is 4.55. The summed E-state index contributed by atoms with van der Waals surface area (Å²) >= 11 is 0. The highest BCUT2D eigenvalue weighted by molar-refractivity contribution is 6.27. The van der Waals surface area contributed by atoms with Crippen molar-refractivity contribution in [1.29, 1.82) is 0 Å². The first kappa shape index (κ1) is 20.2. The SMILES string of the molecule is CC(C)=CC[C@@H](OC(=O)OC(C)C)C1=CC(=O)c2c(O)ccc(O)c2C1=O. The molecule has 0 amide bonds. The number of benzene rings is 1. The molecule has 0 saturated heterocycles. The predicted octanol–water partition coefficient (Wildman–Crippen LogP) is 3.69. The van der Waals surface area contributed by atoms with Gasteiger partial charge in [-0.1, -0.05) is 11.6 Å². The van der Waals surface area contributed by atoms with Crippen LogP contribution in [0.25, 0.3) is 0 Å². The van der Waals surface area contributed by atoms with Gasteiger partial charge >= 0.3 is 6.16 Å². The van der Waals surface area contributed by atoms with Crippen LogP contribution in [0.4, 0.5) is 4.79 Å². The second-order valence-corrected chi connectivity index (χ2v) is 6.69. The Labute approximate surface area is 156 Å². The molecule has 0 bridgehead atoms. The zero-order valence-electron chi connectivity index (χ0n) is 15.6. The van der Waals surface area contributed by atoms with E-state index in [0.717, 1.165) is 23.8 Å². The van der Waals surface area contributed by atoms with Crippen LogP contribution in [0.2, 0.25) is 0 Å². The summed E-state index contributed by atoms with van der Waals surface area (Å²) in [5.41, 5.74) is 0.263. The highest BCUT2D eigenvalue weighted by Crippen LogP contribution is 2.36. The monoisotopic (exact) mass is 374 g/mol. The smallest absolute Gasteiger partial charge is 0.507 e. The Kier molecular flexibility index (Phi) is 6.05. The molecule has 2 N–H and O–H groups in total. The van der Waals surface area contributed by atoms with Crippen molar-refractivity contribution in [3.63, 3.8) is 0 Å². The summed E-state index contributed by atoms with van der Waals surface area (Å²) in [6.07, 6.45) is 0.470. The summed E-state index contributed by atoms with van der Waals surface area (Å²) < 4.78 is 10.2. The second-order valence-electron chi connectivity index (χ2n) is 6.69. The molecule has 1 aromatic rings. The number of carbonyl (C=O) groups is 3. The number of allylic oxidation sites excluding steroid dienone is 2. The number of ketones is 2. The molecule has 144 valence electrons. The van der Waals surface area contributed by atoms with Crippen LogP contribution < -0.4 is 0 Å². The summed E-state index contributed by atoms with van der Waals surface area (Å²) in [5, 5.41) is 19.9. The van der Waals surface area contributed by atoms with Gasteiger partial charge in [0.1, 0.15) is 17.6 Å². The zero-order valence-corrected chi connectivity index (χ0v) is 15.6. The molecule has 7 nitrogen and oxygen atoms in total. The largest absolute Gasteiger partial charge is 0.509 e. The van der Waals surface area contributed by atoms with Crippen molar-refractivity contribution in [2.24, 2.45) is 0 Å². The maximum absolute atomic E-state index is 12.9. The number of hydrogen-bond donors (Lipinski definition) is 2. The van der Waals surface area contributed by atoms with E-state index in [-0.39, 0.29) is 23.1 Å². The summed E-state index contributed by atoms with van der Waals surface area (Å²) in [4.78, 5) is 37.2. The number of phenolic OH excluding ortho intramolecular Hbond substituents is 2. The van der Waals surface area contributed by atoms with Gasteiger partial charge in [0, 0.05) is 12.0 Å². The van der Waals surface area contributed by atoms with Gasteiger partial charge in [0.05, 0.1) is 17.2 Å². The Hall–Kier alpha value is -3.09. The van der Waals surface area contributed by atoms with Crippen LogP contribution in [-0.2, 0) is 9.47 Å². The van der Waals surface area contributed by atoms with E-state index in [1.54, 1.807) is 19.9 Å². The van der Waals surface area contributed by atoms with Gasteiger partial charge in [0.2, 0.25) is 0 Å². The topological polar surface area (TPSA) is 110 Å². The van der Waals surface area contributed by atoms with Crippen LogP contribution in [-0.4, -0.2) is 40.1 Å². The van der Waals surface area contributed by atoms with E-state index in [0.29, 0.717) is 0 Å². The second kappa shape index (κ2) is 8.07. The minimum Gasteiger partial charge on any atom is -0.507 e. The summed E-state index contributed by atoms with van der Waals surface area (Å²) in [6, 6.07) is 2.26. The lowest BCUT2D eigenvalue weighted by Crippen LogP contribution is -2.30. The lowest BCUT2D eigenvalue weighted by atomic mass is 9.85. The Morgan fingerprint density at radius 2 is 1.67 bits per heavy atom. The Bertz CT molecular complexity index is 842. The van der Waals surface area contributed by atoms with E-state index in [9.17, 15) is 24.6 Å². The molecular weight excluding hydrogens is 352 g/mol. The third-order valence-corrected chi connectivity index (χ3v) is 3.84. The molecule has 2 rings (SSSR count). The fourth-order valence-corrected chi connectivity index (χ4v) is 2.64. The number of aromatic hydroxyl groups is 2. The van der Waals surface area contributed by atoms with E-state index < -0.39 is 41.4 Å². The maximum atomic E-state index is 12.9. The highest BCUT2D eigenvalue weighted by atomic mass is 16.7. The molecule has 1 aliphatic carbocycles. The van der Waals surface area contributed by atoms with Crippen LogP contribution in [0, 0.1) is 0 Å². The summed E-state index contributed by atoms with van der Waals surface area (Å²) in [6.45, 7) is 6.98.